The number of aromatic hydroxyl groups is 1. The van der Waals surface area contributed by atoms with Crippen LogP contribution in [-0.4, -0.2) is 53.0 Å². The highest BCUT2D eigenvalue weighted by atomic mass is 35.5. The van der Waals surface area contributed by atoms with Gasteiger partial charge < -0.3 is 20.2 Å². The molecule has 40 heavy (non-hydrogen) atoms. The zero-order chi connectivity index (χ0) is 27.8. The zero-order valence-electron chi connectivity index (χ0n) is 21.2. The molecule has 2 amide bonds. The maximum absolute atomic E-state index is 14.2. The molecule has 0 radical (unpaired) electrons. The molecule has 2 aliphatic rings. The summed E-state index contributed by atoms with van der Waals surface area (Å²) in [6.45, 7) is 3.74. The monoisotopic (exact) mass is 577 g/mol. The Kier molecular flexibility index (Phi) is 7.14. The molecular weight excluding hydrogens is 553 g/mol. The Morgan fingerprint density at radius 3 is 2.67 bits per heavy atom. The van der Waals surface area contributed by atoms with Gasteiger partial charge in [-0.15, -0.1) is 11.3 Å². The Bertz CT molecular complexity index is 1590. The quantitative estimate of drug-likeness (QED) is 0.297. The minimum Gasteiger partial charge on any atom is -0.508 e. The van der Waals surface area contributed by atoms with Crippen LogP contribution in [0.5, 0.6) is 5.75 Å². The number of amides is 2. The predicted molar refractivity (Wildman–Crippen MR) is 153 cm³/mol. The van der Waals surface area contributed by atoms with Gasteiger partial charge in [-0.1, -0.05) is 29.8 Å². The van der Waals surface area contributed by atoms with Crippen LogP contribution in [0.3, 0.4) is 0 Å². The van der Waals surface area contributed by atoms with Crippen molar-refractivity contribution in [2.75, 3.05) is 36.4 Å². The molecule has 8 nitrogen and oxygen atoms in total. The summed E-state index contributed by atoms with van der Waals surface area (Å²) in [5.74, 6) is -1.94. The predicted octanol–water partition coefficient (Wildman–Crippen LogP) is 5.05. The number of aromatic nitrogens is 1. The van der Waals surface area contributed by atoms with Gasteiger partial charge in [-0.05, 0) is 47.5 Å². The lowest BCUT2D eigenvalue weighted by molar-refractivity contribution is -0.120. The molecule has 1 atom stereocenters. The van der Waals surface area contributed by atoms with Crippen LogP contribution >= 0.6 is 22.9 Å². The second-order valence-electron chi connectivity index (χ2n) is 9.64. The SMILES string of the molecule is O=C(Nc1nccs1)C(c1cc(F)ccc1O)N1Cc2ccc(-c3ccc(N4CCNCC4)cc3Cl)cc2C1=O. The van der Waals surface area contributed by atoms with E-state index < -0.39 is 23.7 Å². The molecule has 1 fully saturated rings. The Morgan fingerprint density at radius 2 is 1.93 bits per heavy atom. The molecule has 3 aromatic carbocycles. The highest BCUT2D eigenvalue weighted by molar-refractivity contribution is 7.13. The third-order valence-electron chi connectivity index (χ3n) is 7.19. The molecule has 1 aromatic heterocycles. The smallest absolute Gasteiger partial charge is 0.255 e. The fourth-order valence-electron chi connectivity index (χ4n) is 5.21. The summed E-state index contributed by atoms with van der Waals surface area (Å²) in [6, 6.07) is 13.5. The van der Waals surface area contributed by atoms with Crippen LogP contribution in [0.1, 0.15) is 27.5 Å². The van der Waals surface area contributed by atoms with E-state index in [1.165, 1.54) is 28.5 Å². The lowest BCUT2D eigenvalue weighted by Gasteiger charge is -2.29. The first-order chi connectivity index (χ1) is 19.4. The summed E-state index contributed by atoms with van der Waals surface area (Å²) in [5.41, 5.74) is 3.72. The Labute approximate surface area is 239 Å². The van der Waals surface area contributed by atoms with E-state index in [4.69, 9.17) is 11.6 Å². The third-order valence-corrected chi connectivity index (χ3v) is 8.20. The summed E-state index contributed by atoms with van der Waals surface area (Å²) in [7, 11) is 0. The Balaban J connectivity index is 1.32. The number of phenolic OH excluding ortho intramolecular Hbond substituents is 1. The van der Waals surface area contributed by atoms with E-state index in [9.17, 15) is 19.1 Å². The molecule has 11 heteroatoms. The van der Waals surface area contributed by atoms with Crippen molar-refractivity contribution >= 4 is 45.6 Å². The summed E-state index contributed by atoms with van der Waals surface area (Å²) in [5, 5.41) is 19.2. The minimum atomic E-state index is -1.29. The second-order valence-corrected chi connectivity index (χ2v) is 10.9. The van der Waals surface area contributed by atoms with Crippen molar-refractivity contribution in [3.8, 4) is 16.9 Å². The maximum atomic E-state index is 14.2. The van der Waals surface area contributed by atoms with E-state index in [2.05, 4.69) is 20.5 Å². The van der Waals surface area contributed by atoms with Crippen LogP contribution in [-0.2, 0) is 11.3 Å². The van der Waals surface area contributed by atoms with Crippen LogP contribution in [0.2, 0.25) is 5.02 Å². The first-order valence-corrected chi connectivity index (χ1v) is 14.0. The Hall–Kier alpha value is -3.99. The lowest BCUT2D eigenvalue weighted by atomic mass is 10.00. The number of carbonyl (C=O) groups excluding carboxylic acids is 2. The topological polar surface area (TPSA) is 97.8 Å². The summed E-state index contributed by atoms with van der Waals surface area (Å²) >= 11 is 7.92. The second kappa shape index (κ2) is 10.9. The first kappa shape index (κ1) is 26.2. The molecule has 204 valence electrons. The van der Waals surface area contributed by atoms with E-state index in [0.29, 0.717) is 21.3 Å². The molecule has 3 N–H and O–H groups in total. The average molecular weight is 578 g/mol. The average Bonchev–Trinajstić information content (AvgIpc) is 3.59. The van der Waals surface area contributed by atoms with Crippen LogP contribution in [0, 0.1) is 5.82 Å². The first-order valence-electron chi connectivity index (χ1n) is 12.8. The summed E-state index contributed by atoms with van der Waals surface area (Å²) in [4.78, 5) is 34.9. The standard InChI is InChI=1S/C29H25ClFN5O3S/c30-24-15-20(35-10-7-32-8-11-35)4-5-21(24)17-1-2-18-16-36(28(39)22(18)13-17)26(23-14-19(31)3-6-25(23)37)27(38)34-29-33-9-12-40-29/h1-6,9,12-15,26,32,37H,7-8,10-11,16H2,(H,33,34,38). The molecular formula is C29H25ClFN5O3S. The van der Waals surface area contributed by atoms with Crippen LogP contribution in [0.15, 0.2) is 66.2 Å². The fraction of sp³-hybridized carbons (Fsp3) is 0.207. The van der Waals surface area contributed by atoms with Crippen molar-refractivity contribution in [1.29, 1.82) is 0 Å². The number of halogens is 2. The molecule has 6 rings (SSSR count). The number of hydrogen-bond donors (Lipinski definition) is 3. The van der Waals surface area contributed by atoms with Crippen LogP contribution in [0.4, 0.5) is 15.2 Å². The van der Waals surface area contributed by atoms with E-state index in [0.717, 1.165) is 55.1 Å². The molecule has 4 aromatic rings. The molecule has 0 aliphatic carbocycles. The van der Waals surface area contributed by atoms with E-state index in [-0.39, 0.29) is 17.9 Å². The number of rotatable bonds is 6. The van der Waals surface area contributed by atoms with Crippen molar-refractivity contribution in [2.45, 2.75) is 12.6 Å². The van der Waals surface area contributed by atoms with Crippen LogP contribution < -0.4 is 15.5 Å². The summed E-state index contributed by atoms with van der Waals surface area (Å²) < 4.78 is 14.2. The van der Waals surface area contributed by atoms with Gasteiger partial charge >= 0.3 is 0 Å². The van der Waals surface area contributed by atoms with Crippen LogP contribution in [0.25, 0.3) is 11.1 Å². The third kappa shape index (κ3) is 5.01. The van der Waals surface area contributed by atoms with Gasteiger partial charge in [0.15, 0.2) is 5.13 Å². The minimum absolute atomic E-state index is 0.0121. The molecule has 0 spiro atoms. The van der Waals surface area contributed by atoms with Gasteiger partial charge in [0, 0.05) is 66.7 Å². The summed E-state index contributed by atoms with van der Waals surface area (Å²) in [6.07, 6.45) is 1.54. The van der Waals surface area contributed by atoms with Gasteiger partial charge in [0.25, 0.3) is 11.8 Å². The molecule has 2 aliphatic heterocycles. The van der Waals surface area contributed by atoms with E-state index >= 15 is 0 Å². The number of phenols is 1. The highest BCUT2D eigenvalue weighted by Crippen LogP contribution is 2.39. The molecule has 0 bridgehead atoms. The van der Waals surface area contributed by atoms with Crippen molar-refractivity contribution < 1.29 is 19.1 Å². The van der Waals surface area contributed by atoms with Gasteiger partial charge in [-0.25, -0.2) is 9.37 Å². The highest BCUT2D eigenvalue weighted by Gasteiger charge is 2.39. The van der Waals surface area contributed by atoms with E-state index in [1.54, 1.807) is 11.4 Å². The largest absolute Gasteiger partial charge is 0.508 e. The molecule has 1 saturated heterocycles. The lowest BCUT2D eigenvalue weighted by Crippen LogP contribution is -2.43. The number of nitrogens with one attached hydrogen (secondary N) is 2. The van der Waals surface area contributed by atoms with Crippen molar-refractivity contribution in [1.82, 2.24) is 15.2 Å². The normalized spacial score (nSPS) is 15.7. The molecule has 3 heterocycles. The van der Waals surface area contributed by atoms with Gasteiger partial charge in [0.05, 0.1) is 5.02 Å². The number of thiazole rings is 1. The zero-order valence-corrected chi connectivity index (χ0v) is 22.8. The fourth-order valence-corrected chi connectivity index (χ4v) is 6.03. The van der Waals surface area contributed by atoms with Gasteiger partial charge in [-0.2, -0.15) is 0 Å². The number of fused-ring (bicyclic) bond motifs is 1. The van der Waals surface area contributed by atoms with Crippen molar-refractivity contribution in [3.05, 3.63) is 93.7 Å². The van der Waals surface area contributed by atoms with Gasteiger partial charge in [-0.3, -0.25) is 14.9 Å². The van der Waals surface area contributed by atoms with Gasteiger partial charge in [0.2, 0.25) is 0 Å². The Morgan fingerprint density at radius 1 is 1.10 bits per heavy atom. The van der Waals surface area contributed by atoms with Crippen molar-refractivity contribution in [2.24, 2.45) is 0 Å². The number of carbonyl (C=O) groups is 2. The molecule has 1 unspecified atom stereocenters. The van der Waals surface area contributed by atoms with E-state index in [1.807, 2.05) is 30.3 Å². The number of hydrogen-bond acceptors (Lipinski definition) is 7. The number of anilines is 2. The van der Waals surface area contributed by atoms with Gasteiger partial charge in [0.1, 0.15) is 17.6 Å². The number of piperazine rings is 1. The number of benzene rings is 3. The van der Waals surface area contributed by atoms with Crippen molar-refractivity contribution in [3.63, 3.8) is 0 Å². The maximum Gasteiger partial charge on any atom is 0.255 e. The number of nitrogens with zero attached hydrogens (tertiary/aromatic N) is 3. The molecule has 0 saturated carbocycles.